The minimum absolute atomic E-state index is 0.0607. The van der Waals surface area contributed by atoms with Crippen molar-refractivity contribution in [3.8, 4) is 5.69 Å². The van der Waals surface area contributed by atoms with E-state index in [0.717, 1.165) is 26.1 Å². The van der Waals surface area contributed by atoms with Gasteiger partial charge in [0.2, 0.25) is 5.91 Å². The van der Waals surface area contributed by atoms with Crippen molar-refractivity contribution in [1.82, 2.24) is 14.4 Å². The molecule has 0 radical (unpaired) electrons. The van der Waals surface area contributed by atoms with Gasteiger partial charge in [-0.3, -0.25) is 19.1 Å². The number of hydrogen-bond acceptors (Lipinski definition) is 5. The number of rotatable bonds is 6. The predicted molar refractivity (Wildman–Crippen MR) is 114 cm³/mol. The molecule has 2 atom stereocenters. The number of halogens is 1. The Morgan fingerprint density at radius 2 is 2.00 bits per heavy atom. The van der Waals surface area contributed by atoms with Crippen LogP contribution in [0.25, 0.3) is 5.69 Å². The summed E-state index contributed by atoms with van der Waals surface area (Å²) < 4.78 is 15.9. The molecule has 0 saturated carbocycles. The Labute approximate surface area is 175 Å². The number of nitrogens with one attached hydrogen (secondary N) is 1. The van der Waals surface area contributed by atoms with Crippen molar-refractivity contribution in [1.29, 1.82) is 0 Å². The summed E-state index contributed by atoms with van der Waals surface area (Å²) in [6, 6.07) is 9.40. The number of hydrogen-bond donors (Lipinski definition) is 2. The molecule has 2 saturated heterocycles. The van der Waals surface area contributed by atoms with Crippen LogP contribution in [0.1, 0.15) is 19.3 Å². The summed E-state index contributed by atoms with van der Waals surface area (Å²) in [6.07, 6.45) is 4.90. The van der Waals surface area contributed by atoms with Gasteiger partial charge in [0.1, 0.15) is 5.82 Å². The van der Waals surface area contributed by atoms with E-state index in [1.165, 1.54) is 35.6 Å². The van der Waals surface area contributed by atoms with Crippen LogP contribution >= 0.6 is 0 Å². The molecule has 3 heterocycles. The summed E-state index contributed by atoms with van der Waals surface area (Å²) in [4.78, 5) is 29.0. The molecule has 2 aliphatic heterocycles. The standard InChI is InChI=1S/C22H28FN5O2/c23-19-12-17(28-10-2-1-5-22(28)30)6-7-20(19)25-21(29)15-27-13-16(24)11-18(27)14-26-8-3-4-9-26/h1-2,5-7,10,12,16,18H,3-4,8-9,11,13-15,24H2,(H,25,29)/t16-,18+/m1/s1. The van der Waals surface area contributed by atoms with Crippen molar-refractivity contribution < 1.29 is 9.18 Å². The SMILES string of the molecule is N[C@@H]1C[C@@H](CN2CCCC2)N(CC(=O)Nc2ccc(-n3ccccc3=O)cc2F)C1. The highest BCUT2D eigenvalue weighted by molar-refractivity contribution is 5.92. The maximum atomic E-state index is 14.6. The van der Waals surface area contributed by atoms with Crippen LogP contribution in [0.2, 0.25) is 0 Å². The molecule has 1 aromatic heterocycles. The van der Waals surface area contributed by atoms with Crippen LogP contribution < -0.4 is 16.6 Å². The highest BCUT2D eigenvalue weighted by atomic mass is 19.1. The largest absolute Gasteiger partial charge is 0.326 e. The van der Waals surface area contributed by atoms with Crippen LogP contribution in [0, 0.1) is 5.82 Å². The quantitative estimate of drug-likeness (QED) is 0.748. The lowest BCUT2D eigenvalue weighted by Crippen LogP contribution is -2.43. The van der Waals surface area contributed by atoms with Crippen molar-refractivity contribution in [3.63, 3.8) is 0 Å². The van der Waals surface area contributed by atoms with E-state index in [9.17, 15) is 14.0 Å². The second-order valence-electron chi connectivity index (χ2n) is 8.21. The lowest BCUT2D eigenvalue weighted by atomic mass is 10.1. The van der Waals surface area contributed by atoms with Crippen LogP contribution in [0.4, 0.5) is 10.1 Å². The van der Waals surface area contributed by atoms with Gasteiger partial charge in [-0.1, -0.05) is 6.07 Å². The first kappa shape index (κ1) is 20.7. The third-order valence-electron chi connectivity index (χ3n) is 5.90. The molecule has 3 N–H and O–H groups in total. The first-order valence-electron chi connectivity index (χ1n) is 10.5. The van der Waals surface area contributed by atoms with Gasteiger partial charge in [0.05, 0.1) is 17.9 Å². The van der Waals surface area contributed by atoms with Gasteiger partial charge in [0, 0.05) is 43.5 Å². The Hall–Kier alpha value is -2.55. The van der Waals surface area contributed by atoms with Gasteiger partial charge in [0.15, 0.2) is 0 Å². The predicted octanol–water partition coefficient (Wildman–Crippen LogP) is 1.41. The van der Waals surface area contributed by atoms with E-state index in [0.29, 0.717) is 12.2 Å². The van der Waals surface area contributed by atoms with Crippen LogP contribution in [-0.4, -0.2) is 65.1 Å². The molecule has 2 fully saturated rings. The number of nitrogens with zero attached hydrogens (tertiary/aromatic N) is 3. The summed E-state index contributed by atoms with van der Waals surface area (Å²) in [5.74, 6) is -0.845. The fourth-order valence-corrected chi connectivity index (χ4v) is 4.44. The number of nitrogens with two attached hydrogens (primary N) is 1. The minimum Gasteiger partial charge on any atom is -0.326 e. The van der Waals surface area contributed by atoms with Gasteiger partial charge in [-0.05, 0) is 50.6 Å². The molecule has 2 aromatic rings. The number of amides is 1. The molecule has 1 amide bonds. The lowest BCUT2D eigenvalue weighted by Gasteiger charge is -2.27. The van der Waals surface area contributed by atoms with E-state index < -0.39 is 5.82 Å². The first-order chi connectivity index (χ1) is 14.5. The highest BCUT2D eigenvalue weighted by Crippen LogP contribution is 2.21. The zero-order valence-corrected chi connectivity index (χ0v) is 17.0. The molecule has 4 rings (SSSR count). The molecule has 0 aliphatic carbocycles. The number of carbonyl (C=O) groups excluding carboxylic acids is 1. The van der Waals surface area contributed by atoms with E-state index in [2.05, 4.69) is 15.1 Å². The number of aromatic nitrogens is 1. The lowest BCUT2D eigenvalue weighted by molar-refractivity contribution is -0.117. The molecule has 1 aromatic carbocycles. The van der Waals surface area contributed by atoms with Gasteiger partial charge in [-0.15, -0.1) is 0 Å². The van der Waals surface area contributed by atoms with Crippen molar-refractivity contribution in [3.05, 3.63) is 58.8 Å². The summed E-state index contributed by atoms with van der Waals surface area (Å²) in [5.41, 5.74) is 6.41. The van der Waals surface area contributed by atoms with E-state index in [1.807, 2.05) is 0 Å². The Kier molecular flexibility index (Phi) is 6.26. The zero-order chi connectivity index (χ0) is 21.1. The summed E-state index contributed by atoms with van der Waals surface area (Å²) in [7, 11) is 0. The van der Waals surface area contributed by atoms with Crippen molar-refractivity contribution in [2.24, 2.45) is 5.73 Å². The number of likely N-dealkylation sites (tertiary alicyclic amines) is 2. The molecule has 2 aliphatic rings. The summed E-state index contributed by atoms with van der Waals surface area (Å²) >= 11 is 0. The number of anilines is 1. The van der Waals surface area contributed by atoms with Crippen LogP contribution in [0.15, 0.2) is 47.4 Å². The number of benzene rings is 1. The van der Waals surface area contributed by atoms with Crippen molar-refractivity contribution in [2.75, 3.05) is 38.0 Å². The van der Waals surface area contributed by atoms with Gasteiger partial charge >= 0.3 is 0 Å². The molecule has 7 nitrogen and oxygen atoms in total. The normalized spacial score (nSPS) is 22.5. The van der Waals surface area contributed by atoms with Gasteiger partial charge < -0.3 is 16.0 Å². The molecule has 160 valence electrons. The smallest absolute Gasteiger partial charge is 0.255 e. The second-order valence-corrected chi connectivity index (χ2v) is 8.21. The molecular weight excluding hydrogens is 385 g/mol. The maximum Gasteiger partial charge on any atom is 0.255 e. The highest BCUT2D eigenvalue weighted by Gasteiger charge is 2.33. The average Bonchev–Trinajstić information content (AvgIpc) is 3.34. The second kappa shape index (κ2) is 9.07. The molecule has 0 unspecified atom stereocenters. The minimum atomic E-state index is -0.580. The fourth-order valence-electron chi connectivity index (χ4n) is 4.44. The molecule has 8 heteroatoms. The van der Waals surface area contributed by atoms with E-state index >= 15 is 0 Å². The van der Waals surface area contributed by atoms with Crippen LogP contribution in [-0.2, 0) is 4.79 Å². The van der Waals surface area contributed by atoms with Gasteiger partial charge in [-0.25, -0.2) is 4.39 Å². The van der Waals surface area contributed by atoms with E-state index in [1.54, 1.807) is 24.4 Å². The summed E-state index contributed by atoms with van der Waals surface area (Å²) in [6.45, 7) is 3.99. The van der Waals surface area contributed by atoms with Crippen LogP contribution in [0.3, 0.4) is 0 Å². The Morgan fingerprint density at radius 1 is 1.20 bits per heavy atom. The van der Waals surface area contributed by atoms with E-state index in [-0.39, 0.29) is 35.8 Å². The third kappa shape index (κ3) is 4.77. The Bertz CT molecular complexity index is 957. The van der Waals surface area contributed by atoms with Gasteiger partial charge in [-0.2, -0.15) is 0 Å². The van der Waals surface area contributed by atoms with Crippen molar-refractivity contribution >= 4 is 11.6 Å². The fraction of sp³-hybridized carbons (Fsp3) is 0.455. The first-order valence-corrected chi connectivity index (χ1v) is 10.5. The monoisotopic (exact) mass is 413 g/mol. The third-order valence-corrected chi connectivity index (χ3v) is 5.90. The molecule has 0 bridgehead atoms. The molecule has 0 spiro atoms. The topological polar surface area (TPSA) is 83.6 Å². The zero-order valence-electron chi connectivity index (χ0n) is 17.0. The average molecular weight is 413 g/mol. The Morgan fingerprint density at radius 3 is 2.73 bits per heavy atom. The maximum absolute atomic E-state index is 14.6. The van der Waals surface area contributed by atoms with Gasteiger partial charge in [0.25, 0.3) is 5.56 Å². The molecular formula is C22H28FN5O2. The van der Waals surface area contributed by atoms with Crippen molar-refractivity contribution in [2.45, 2.75) is 31.3 Å². The van der Waals surface area contributed by atoms with Crippen LogP contribution in [0.5, 0.6) is 0 Å². The summed E-state index contributed by atoms with van der Waals surface area (Å²) in [5, 5.41) is 2.66. The number of carbonyl (C=O) groups is 1. The number of pyridine rings is 1. The Balaban J connectivity index is 1.39. The van der Waals surface area contributed by atoms with E-state index in [4.69, 9.17) is 5.73 Å². The molecule has 30 heavy (non-hydrogen) atoms.